The van der Waals surface area contributed by atoms with Crippen LogP contribution >= 0.6 is 31.9 Å². The van der Waals surface area contributed by atoms with Crippen LogP contribution in [-0.4, -0.2) is 15.0 Å². The first-order chi connectivity index (χ1) is 8.11. The number of rotatable bonds is 3. The van der Waals surface area contributed by atoms with Gasteiger partial charge in [-0.2, -0.15) is 0 Å². The first-order valence-electron chi connectivity index (χ1n) is 5.25. The average molecular weight is 360 g/mol. The van der Waals surface area contributed by atoms with Gasteiger partial charge in [0.25, 0.3) is 0 Å². The van der Waals surface area contributed by atoms with Crippen LogP contribution in [0.1, 0.15) is 25.1 Å². The molecule has 1 aromatic carbocycles. The highest BCUT2D eigenvalue weighted by molar-refractivity contribution is 9.11. The van der Waals surface area contributed by atoms with Crippen molar-refractivity contribution in [2.24, 2.45) is 5.73 Å². The molecule has 2 rings (SSSR count). The third-order valence-electron chi connectivity index (χ3n) is 2.49. The van der Waals surface area contributed by atoms with E-state index in [0.717, 1.165) is 26.7 Å². The quantitative estimate of drug-likeness (QED) is 0.915. The fourth-order valence-electron chi connectivity index (χ4n) is 1.43. The molecule has 0 aliphatic carbocycles. The predicted octanol–water partition coefficient (Wildman–Crippen LogP) is 3.20. The molecule has 0 fully saturated rings. The molecule has 0 amide bonds. The van der Waals surface area contributed by atoms with E-state index in [2.05, 4.69) is 42.2 Å². The Morgan fingerprint density at radius 3 is 2.88 bits per heavy atom. The average Bonchev–Trinajstić information content (AvgIpc) is 2.80. The molecule has 0 saturated carbocycles. The molecule has 0 bridgehead atoms. The molecule has 0 spiro atoms. The summed E-state index contributed by atoms with van der Waals surface area (Å²) in [5.74, 6) is 0. The summed E-state index contributed by atoms with van der Waals surface area (Å²) in [4.78, 5) is 0. The Morgan fingerprint density at radius 2 is 2.18 bits per heavy atom. The summed E-state index contributed by atoms with van der Waals surface area (Å²) in [7, 11) is 0. The lowest BCUT2D eigenvalue weighted by atomic mass is 10.2. The van der Waals surface area contributed by atoms with Gasteiger partial charge in [-0.1, -0.05) is 28.1 Å². The van der Waals surface area contributed by atoms with Crippen LogP contribution in [0.4, 0.5) is 0 Å². The van der Waals surface area contributed by atoms with E-state index in [1.54, 1.807) is 4.68 Å². The molecular weight excluding hydrogens is 348 g/mol. The fraction of sp³-hybridized carbons (Fsp3) is 0.273. The zero-order valence-corrected chi connectivity index (χ0v) is 12.4. The van der Waals surface area contributed by atoms with Crippen molar-refractivity contribution in [1.29, 1.82) is 0 Å². The summed E-state index contributed by atoms with van der Waals surface area (Å²) in [6, 6.07) is 5.83. The molecule has 0 aliphatic rings. The number of benzene rings is 1. The predicted molar refractivity (Wildman–Crippen MR) is 74.0 cm³/mol. The lowest BCUT2D eigenvalue weighted by molar-refractivity contribution is 0.670. The number of nitrogens with zero attached hydrogens (tertiary/aromatic N) is 3. The number of aromatic nitrogens is 3. The summed E-state index contributed by atoms with van der Waals surface area (Å²) in [6.07, 6.45) is 2.71. The third-order valence-corrected chi connectivity index (χ3v) is 3.65. The Morgan fingerprint density at radius 1 is 1.41 bits per heavy atom. The van der Waals surface area contributed by atoms with Gasteiger partial charge in [0.05, 0.1) is 23.6 Å². The second-order valence-corrected chi connectivity index (χ2v) is 5.47. The maximum Gasteiger partial charge on any atom is 0.0998 e. The van der Waals surface area contributed by atoms with Gasteiger partial charge in [0, 0.05) is 8.95 Å². The topological polar surface area (TPSA) is 56.7 Å². The normalized spacial score (nSPS) is 12.7. The molecule has 0 radical (unpaired) electrons. The molecule has 1 unspecified atom stereocenters. The van der Waals surface area contributed by atoms with Gasteiger partial charge in [-0.05, 0) is 40.5 Å². The van der Waals surface area contributed by atoms with Crippen molar-refractivity contribution in [2.75, 3.05) is 0 Å². The molecule has 2 N–H and O–H groups in total. The molecule has 1 atom stereocenters. The van der Waals surface area contributed by atoms with Crippen LogP contribution in [0.25, 0.3) is 5.69 Å². The van der Waals surface area contributed by atoms with Gasteiger partial charge >= 0.3 is 0 Å². The number of halogens is 2. The molecule has 2 aromatic rings. The van der Waals surface area contributed by atoms with Crippen molar-refractivity contribution in [1.82, 2.24) is 15.0 Å². The minimum Gasteiger partial charge on any atom is -0.323 e. The Kier molecular flexibility index (Phi) is 3.96. The van der Waals surface area contributed by atoms with Crippen LogP contribution in [-0.2, 0) is 0 Å². The summed E-state index contributed by atoms with van der Waals surface area (Å²) in [5, 5.41) is 8.18. The minimum absolute atomic E-state index is 0.0605. The standard InChI is InChI=1S/C11H12Br2N4/c1-2-9(14)10-6-17(16-15-10)11-5-7(12)3-4-8(11)13/h3-6,9H,2,14H2,1H3. The summed E-state index contributed by atoms with van der Waals surface area (Å²) < 4.78 is 3.68. The van der Waals surface area contributed by atoms with Crippen molar-refractivity contribution in [3.05, 3.63) is 39.0 Å². The first-order valence-corrected chi connectivity index (χ1v) is 6.83. The van der Waals surface area contributed by atoms with Crippen molar-refractivity contribution >= 4 is 31.9 Å². The van der Waals surface area contributed by atoms with Gasteiger partial charge in [0.2, 0.25) is 0 Å². The van der Waals surface area contributed by atoms with E-state index >= 15 is 0 Å². The highest BCUT2D eigenvalue weighted by atomic mass is 79.9. The highest BCUT2D eigenvalue weighted by Crippen LogP contribution is 2.25. The van der Waals surface area contributed by atoms with Crippen LogP contribution in [0.3, 0.4) is 0 Å². The molecule has 17 heavy (non-hydrogen) atoms. The number of hydrogen-bond donors (Lipinski definition) is 1. The Balaban J connectivity index is 2.40. The second kappa shape index (κ2) is 5.29. The van der Waals surface area contributed by atoms with Gasteiger partial charge in [-0.3, -0.25) is 0 Å². The minimum atomic E-state index is -0.0605. The van der Waals surface area contributed by atoms with E-state index in [1.807, 2.05) is 31.3 Å². The van der Waals surface area contributed by atoms with Crippen LogP contribution in [0.15, 0.2) is 33.3 Å². The Hall–Kier alpha value is -0.720. The second-order valence-electron chi connectivity index (χ2n) is 3.70. The van der Waals surface area contributed by atoms with E-state index in [9.17, 15) is 0 Å². The van der Waals surface area contributed by atoms with Gasteiger partial charge < -0.3 is 5.73 Å². The molecule has 90 valence electrons. The molecule has 4 nitrogen and oxygen atoms in total. The number of hydrogen-bond acceptors (Lipinski definition) is 3. The van der Waals surface area contributed by atoms with E-state index in [-0.39, 0.29) is 6.04 Å². The van der Waals surface area contributed by atoms with Crippen molar-refractivity contribution < 1.29 is 0 Å². The third kappa shape index (κ3) is 2.75. The summed E-state index contributed by atoms with van der Waals surface area (Å²) in [5.41, 5.74) is 7.65. The molecule has 1 heterocycles. The van der Waals surface area contributed by atoms with Crippen molar-refractivity contribution in [3.8, 4) is 5.69 Å². The molecular formula is C11H12Br2N4. The van der Waals surface area contributed by atoms with Gasteiger partial charge in [0.15, 0.2) is 0 Å². The number of nitrogens with two attached hydrogens (primary N) is 1. The largest absolute Gasteiger partial charge is 0.323 e. The van der Waals surface area contributed by atoms with E-state index < -0.39 is 0 Å². The lowest BCUT2D eigenvalue weighted by Gasteiger charge is -2.04. The first kappa shape index (κ1) is 12.7. The maximum atomic E-state index is 5.92. The fourth-order valence-corrected chi connectivity index (χ4v) is 2.21. The van der Waals surface area contributed by atoms with Crippen molar-refractivity contribution in [2.45, 2.75) is 19.4 Å². The van der Waals surface area contributed by atoms with Crippen molar-refractivity contribution in [3.63, 3.8) is 0 Å². The Bertz CT molecular complexity index is 524. The van der Waals surface area contributed by atoms with Gasteiger partial charge in [0.1, 0.15) is 0 Å². The van der Waals surface area contributed by atoms with Crippen LogP contribution < -0.4 is 5.73 Å². The summed E-state index contributed by atoms with van der Waals surface area (Å²) in [6.45, 7) is 2.03. The van der Waals surface area contributed by atoms with Crippen LogP contribution in [0.5, 0.6) is 0 Å². The molecule has 0 aliphatic heterocycles. The Labute approximate surface area is 116 Å². The zero-order chi connectivity index (χ0) is 12.4. The molecule has 0 saturated heterocycles. The molecule has 1 aromatic heterocycles. The SMILES string of the molecule is CCC(N)c1cn(-c2cc(Br)ccc2Br)nn1. The van der Waals surface area contributed by atoms with Gasteiger partial charge in [-0.25, -0.2) is 4.68 Å². The van der Waals surface area contributed by atoms with Gasteiger partial charge in [-0.15, -0.1) is 5.10 Å². The van der Waals surface area contributed by atoms with E-state index in [4.69, 9.17) is 5.73 Å². The lowest BCUT2D eigenvalue weighted by Crippen LogP contribution is -2.08. The summed E-state index contributed by atoms with van der Waals surface area (Å²) >= 11 is 6.93. The smallest absolute Gasteiger partial charge is 0.0998 e. The van der Waals surface area contributed by atoms with Crippen LogP contribution in [0, 0.1) is 0 Å². The highest BCUT2D eigenvalue weighted by Gasteiger charge is 2.11. The van der Waals surface area contributed by atoms with E-state index in [1.165, 1.54) is 0 Å². The van der Waals surface area contributed by atoms with E-state index in [0.29, 0.717) is 0 Å². The maximum absolute atomic E-state index is 5.92. The zero-order valence-electron chi connectivity index (χ0n) is 9.27. The monoisotopic (exact) mass is 358 g/mol. The molecule has 6 heteroatoms. The van der Waals surface area contributed by atoms with Crippen LogP contribution in [0.2, 0.25) is 0 Å².